The minimum atomic E-state index is -2.42. The standard InChI is InChI=1S/C14H20F2N2O/c1-19-9-8-18-7-6-12(17)13(18)10-2-4-11(5-3-10)14(15)16/h2-5,12-14H,6-9,17H2,1H3. The molecule has 2 rings (SSSR count). The van der Waals surface area contributed by atoms with Crippen LogP contribution in [-0.4, -0.2) is 37.7 Å². The number of nitrogens with zero attached hydrogens (tertiary/aromatic N) is 1. The van der Waals surface area contributed by atoms with Gasteiger partial charge in [-0.3, -0.25) is 4.90 Å². The van der Waals surface area contributed by atoms with Crippen molar-refractivity contribution in [2.45, 2.75) is 24.9 Å². The van der Waals surface area contributed by atoms with Crippen molar-refractivity contribution < 1.29 is 13.5 Å². The molecule has 2 N–H and O–H groups in total. The van der Waals surface area contributed by atoms with E-state index in [1.54, 1.807) is 19.2 Å². The number of benzene rings is 1. The van der Waals surface area contributed by atoms with Gasteiger partial charge in [-0.25, -0.2) is 8.78 Å². The van der Waals surface area contributed by atoms with Gasteiger partial charge in [0.15, 0.2) is 0 Å². The first kappa shape index (κ1) is 14.4. The summed E-state index contributed by atoms with van der Waals surface area (Å²) < 4.78 is 30.2. The second kappa shape index (κ2) is 6.41. The van der Waals surface area contributed by atoms with Gasteiger partial charge in [-0.1, -0.05) is 24.3 Å². The number of likely N-dealkylation sites (tertiary alicyclic amines) is 1. The van der Waals surface area contributed by atoms with Crippen LogP contribution in [0, 0.1) is 0 Å². The first-order chi connectivity index (χ1) is 9.13. The third-order valence-corrected chi connectivity index (χ3v) is 3.66. The van der Waals surface area contributed by atoms with Gasteiger partial charge < -0.3 is 10.5 Å². The topological polar surface area (TPSA) is 38.5 Å². The molecule has 1 aromatic rings. The molecule has 1 aliphatic heterocycles. The first-order valence-corrected chi connectivity index (χ1v) is 6.50. The van der Waals surface area contributed by atoms with Crippen LogP contribution in [0.2, 0.25) is 0 Å². The molecule has 0 amide bonds. The Labute approximate surface area is 112 Å². The summed E-state index contributed by atoms with van der Waals surface area (Å²) in [6.07, 6.45) is -1.50. The molecular weight excluding hydrogens is 250 g/mol. The monoisotopic (exact) mass is 270 g/mol. The van der Waals surface area contributed by atoms with Gasteiger partial charge in [-0.05, 0) is 12.0 Å². The van der Waals surface area contributed by atoms with E-state index in [1.165, 1.54) is 12.1 Å². The van der Waals surface area contributed by atoms with Crippen molar-refractivity contribution in [3.05, 3.63) is 35.4 Å². The van der Waals surface area contributed by atoms with Crippen molar-refractivity contribution >= 4 is 0 Å². The van der Waals surface area contributed by atoms with Crippen LogP contribution in [0.1, 0.15) is 30.0 Å². The predicted octanol–water partition coefficient (Wildman–Crippen LogP) is 2.34. The lowest BCUT2D eigenvalue weighted by atomic mass is 9.99. The fourth-order valence-electron chi connectivity index (χ4n) is 2.64. The number of methoxy groups -OCH3 is 1. The van der Waals surface area contributed by atoms with Crippen LogP contribution in [0.4, 0.5) is 8.78 Å². The summed E-state index contributed by atoms with van der Waals surface area (Å²) in [5.41, 5.74) is 7.20. The molecule has 0 radical (unpaired) electrons. The highest BCUT2D eigenvalue weighted by molar-refractivity contribution is 5.27. The summed E-state index contributed by atoms with van der Waals surface area (Å²) in [7, 11) is 1.67. The highest BCUT2D eigenvalue weighted by Crippen LogP contribution is 2.31. The average molecular weight is 270 g/mol. The molecule has 106 valence electrons. The lowest BCUT2D eigenvalue weighted by molar-refractivity contribution is 0.138. The van der Waals surface area contributed by atoms with Crippen LogP contribution in [0.5, 0.6) is 0 Å². The van der Waals surface area contributed by atoms with E-state index in [0.717, 1.165) is 25.1 Å². The maximum Gasteiger partial charge on any atom is 0.263 e. The summed E-state index contributed by atoms with van der Waals surface area (Å²) in [4.78, 5) is 2.26. The van der Waals surface area contributed by atoms with E-state index in [9.17, 15) is 8.78 Å². The molecule has 1 fully saturated rings. The molecule has 2 atom stereocenters. The molecular formula is C14H20F2N2O. The Bertz CT molecular complexity index is 397. The minimum absolute atomic E-state index is 0.0502. The quantitative estimate of drug-likeness (QED) is 0.892. The molecule has 0 spiro atoms. The third kappa shape index (κ3) is 3.29. The van der Waals surface area contributed by atoms with Gasteiger partial charge in [0.2, 0.25) is 0 Å². The molecule has 0 saturated carbocycles. The van der Waals surface area contributed by atoms with Gasteiger partial charge in [0, 0.05) is 31.8 Å². The second-order valence-corrected chi connectivity index (χ2v) is 4.89. The molecule has 5 heteroatoms. The smallest absolute Gasteiger partial charge is 0.263 e. The maximum atomic E-state index is 12.5. The summed E-state index contributed by atoms with van der Waals surface area (Å²) in [6.45, 7) is 2.38. The van der Waals surface area contributed by atoms with E-state index >= 15 is 0 Å². The van der Waals surface area contributed by atoms with Gasteiger partial charge in [0.05, 0.1) is 12.6 Å². The number of nitrogens with two attached hydrogens (primary N) is 1. The van der Waals surface area contributed by atoms with E-state index < -0.39 is 6.43 Å². The Morgan fingerprint density at radius 1 is 1.37 bits per heavy atom. The van der Waals surface area contributed by atoms with Crippen molar-refractivity contribution in [2.24, 2.45) is 5.73 Å². The van der Waals surface area contributed by atoms with Crippen LogP contribution >= 0.6 is 0 Å². The molecule has 0 bridgehead atoms. The molecule has 1 aromatic carbocycles. The van der Waals surface area contributed by atoms with Gasteiger partial charge in [0.1, 0.15) is 0 Å². The molecule has 3 nitrogen and oxygen atoms in total. The number of rotatable bonds is 5. The number of ether oxygens (including phenoxy) is 1. The van der Waals surface area contributed by atoms with E-state index in [2.05, 4.69) is 4.90 Å². The molecule has 2 unspecified atom stereocenters. The zero-order chi connectivity index (χ0) is 13.8. The fraction of sp³-hybridized carbons (Fsp3) is 0.571. The van der Waals surface area contributed by atoms with E-state index in [1.807, 2.05) is 0 Å². The zero-order valence-corrected chi connectivity index (χ0v) is 11.1. The zero-order valence-electron chi connectivity index (χ0n) is 11.1. The van der Waals surface area contributed by atoms with Crippen molar-refractivity contribution in [1.29, 1.82) is 0 Å². The van der Waals surface area contributed by atoms with Crippen molar-refractivity contribution in [1.82, 2.24) is 4.90 Å². The van der Waals surface area contributed by atoms with Gasteiger partial charge >= 0.3 is 0 Å². The average Bonchev–Trinajstić information content (AvgIpc) is 2.77. The number of alkyl halides is 2. The van der Waals surface area contributed by atoms with E-state index in [-0.39, 0.29) is 17.6 Å². The SMILES string of the molecule is COCCN1CCC(N)C1c1ccc(C(F)F)cc1. The van der Waals surface area contributed by atoms with Crippen molar-refractivity contribution in [2.75, 3.05) is 26.8 Å². The second-order valence-electron chi connectivity index (χ2n) is 4.89. The number of hydrogen-bond donors (Lipinski definition) is 1. The molecule has 1 aliphatic rings. The Morgan fingerprint density at radius 3 is 2.63 bits per heavy atom. The third-order valence-electron chi connectivity index (χ3n) is 3.66. The summed E-state index contributed by atoms with van der Waals surface area (Å²) in [6, 6.07) is 6.64. The van der Waals surface area contributed by atoms with E-state index in [4.69, 9.17) is 10.5 Å². The number of halogens is 2. The highest BCUT2D eigenvalue weighted by Gasteiger charge is 2.32. The van der Waals surface area contributed by atoms with Crippen LogP contribution in [0.15, 0.2) is 24.3 Å². The Kier molecular flexibility index (Phi) is 4.85. The van der Waals surface area contributed by atoms with Crippen molar-refractivity contribution in [3.8, 4) is 0 Å². The van der Waals surface area contributed by atoms with Gasteiger partial charge in [-0.15, -0.1) is 0 Å². The highest BCUT2D eigenvalue weighted by atomic mass is 19.3. The largest absolute Gasteiger partial charge is 0.383 e. The van der Waals surface area contributed by atoms with Crippen molar-refractivity contribution in [3.63, 3.8) is 0 Å². The fourth-order valence-corrected chi connectivity index (χ4v) is 2.64. The van der Waals surface area contributed by atoms with E-state index in [0.29, 0.717) is 6.61 Å². The normalized spacial score (nSPS) is 24.3. The minimum Gasteiger partial charge on any atom is -0.383 e. The number of hydrogen-bond acceptors (Lipinski definition) is 3. The van der Waals surface area contributed by atoms with Crippen LogP contribution in [-0.2, 0) is 4.74 Å². The Hall–Kier alpha value is -1.04. The van der Waals surface area contributed by atoms with Crippen LogP contribution in [0.3, 0.4) is 0 Å². The molecule has 19 heavy (non-hydrogen) atoms. The predicted molar refractivity (Wildman–Crippen MR) is 70.2 cm³/mol. The lowest BCUT2D eigenvalue weighted by Gasteiger charge is -2.27. The molecule has 0 aliphatic carbocycles. The maximum absolute atomic E-state index is 12.5. The Morgan fingerprint density at radius 2 is 2.05 bits per heavy atom. The molecule has 0 aromatic heterocycles. The molecule has 1 saturated heterocycles. The lowest BCUT2D eigenvalue weighted by Crippen LogP contribution is -2.33. The Balaban J connectivity index is 2.13. The first-order valence-electron chi connectivity index (χ1n) is 6.50. The van der Waals surface area contributed by atoms with Crippen LogP contribution in [0.25, 0.3) is 0 Å². The summed E-state index contributed by atoms with van der Waals surface area (Å²) in [5.74, 6) is 0. The summed E-state index contributed by atoms with van der Waals surface area (Å²) >= 11 is 0. The van der Waals surface area contributed by atoms with Gasteiger partial charge in [0.25, 0.3) is 6.43 Å². The molecule has 1 heterocycles. The van der Waals surface area contributed by atoms with Crippen LogP contribution < -0.4 is 5.73 Å². The summed E-state index contributed by atoms with van der Waals surface area (Å²) in [5, 5.41) is 0. The van der Waals surface area contributed by atoms with Gasteiger partial charge in [-0.2, -0.15) is 0 Å².